The minimum absolute atomic E-state index is 0. The van der Waals surface area contributed by atoms with Crippen molar-refractivity contribution >= 4 is 24.1 Å². The summed E-state index contributed by atoms with van der Waals surface area (Å²) in [7, 11) is 0. The van der Waals surface area contributed by atoms with Gasteiger partial charge in [0.1, 0.15) is 5.76 Å². The third-order valence-electron chi connectivity index (χ3n) is 5.31. The topological polar surface area (TPSA) is 62.6 Å². The van der Waals surface area contributed by atoms with Gasteiger partial charge in [0, 0.05) is 43.6 Å². The second-order valence-electron chi connectivity index (χ2n) is 6.81. The maximum Gasteiger partial charge on any atom is 0.289 e. The van der Waals surface area contributed by atoms with Crippen LogP contribution in [0, 0.1) is 6.92 Å². The Morgan fingerprint density at radius 2 is 2.00 bits per heavy atom. The summed E-state index contributed by atoms with van der Waals surface area (Å²) in [5, 5.41) is 3.58. The molecule has 1 aromatic rings. The Morgan fingerprint density at radius 1 is 1.22 bits per heavy atom. The van der Waals surface area contributed by atoms with Crippen LogP contribution in [0.1, 0.15) is 64.3 Å². The molecule has 1 aromatic heterocycles. The van der Waals surface area contributed by atoms with Crippen molar-refractivity contribution in [3.63, 3.8) is 0 Å². The summed E-state index contributed by atoms with van der Waals surface area (Å²) in [4.78, 5) is 26.9. The zero-order chi connectivity index (χ0) is 15.3. The molecule has 3 aliphatic rings. The van der Waals surface area contributed by atoms with Gasteiger partial charge in [-0.05, 0) is 32.6 Å². The van der Waals surface area contributed by atoms with Crippen LogP contribution in [0.3, 0.4) is 0 Å². The highest BCUT2D eigenvalue weighted by atomic mass is 35.5. The zero-order valence-corrected chi connectivity index (χ0v) is 14.2. The summed E-state index contributed by atoms with van der Waals surface area (Å²) >= 11 is 0. The van der Waals surface area contributed by atoms with Crippen molar-refractivity contribution in [2.45, 2.75) is 57.5 Å². The number of likely N-dealkylation sites (tertiary alicyclic amines) is 1. The average Bonchev–Trinajstić information content (AvgIpc) is 2.99. The lowest BCUT2D eigenvalue weighted by Crippen LogP contribution is -2.39. The molecule has 0 aromatic carbocycles. The lowest BCUT2D eigenvalue weighted by molar-refractivity contribution is 0.0712. The average molecular weight is 339 g/mol. The molecule has 1 N–H and O–H groups in total. The number of fused-ring (bicyclic) bond motifs is 3. The lowest BCUT2D eigenvalue weighted by Gasteiger charge is -2.23. The van der Waals surface area contributed by atoms with Gasteiger partial charge in [-0.3, -0.25) is 9.59 Å². The first kappa shape index (κ1) is 16.5. The highest BCUT2D eigenvalue weighted by Gasteiger charge is 2.35. The van der Waals surface area contributed by atoms with E-state index in [0.29, 0.717) is 35.6 Å². The normalized spacial score (nSPS) is 26.5. The minimum atomic E-state index is -0.0472. The van der Waals surface area contributed by atoms with Crippen LogP contribution in [-0.4, -0.2) is 41.8 Å². The molecule has 0 spiro atoms. The Bertz CT molecular complexity index is 640. The Morgan fingerprint density at radius 3 is 2.78 bits per heavy atom. The van der Waals surface area contributed by atoms with Crippen LogP contribution in [0.5, 0.6) is 0 Å². The van der Waals surface area contributed by atoms with E-state index in [1.54, 1.807) is 0 Å². The van der Waals surface area contributed by atoms with Gasteiger partial charge in [0.25, 0.3) is 5.91 Å². The van der Waals surface area contributed by atoms with E-state index in [1.165, 1.54) is 6.42 Å². The van der Waals surface area contributed by atoms with E-state index >= 15 is 0 Å². The highest BCUT2D eigenvalue weighted by Crippen LogP contribution is 2.31. The summed E-state index contributed by atoms with van der Waals surface area (Å²) in [6.07, 6.45) is 5.51. The predicted octanol–water partition coefficient (Wildman–Crippen LogP) is 2.50. The summed E-state index contributed by atoms with van der Waals surface area (Å²) in [5.74, 6) is 1.18. The molecule has 126 valence electrons. The third-order valence-corrected chi connectivity index (χ3v) is 5.31. The predicted molar refractivity (Wildman–Crippen MR) is 88.4 cm³/mol. The number of carbonyl (C=O) groups is 2. The van der Waals surface area contributed by atoms with Crippen LogP contribution in [-0.2, 0) is 6.42 Å². The summed E-state index contributed by atoms with van der Waals surface area (Å²) in [5.41, 5.74) is 1.41. The van der Waals surface area contributed by atoms with Crippen molar-refractivity contribution < 1.29 is 14.0 Å². The summed E-state index contributed by atoms with van der Waals surface area (Å²) in [6, 6.07) is 0.957. The molecule has 2 bridgehead atoms. The molecular formula is C17H23ClN2O3. The molecule has 0 saturated carbocycles. The fourth-order valence-electron chi connectivity index (χ4n) is 4.12. The first-order valence-corrected chi connectivity index (χ1v) is 8.34. The zero-order valence-electron chi connectivity index (χ0n) is 13.4. The van der Waals surface area contributed by atoms with Crippen LogP contribution >= 0.6 is 12.4 Å². The van der Waals surface area contributed by atoms with Crippen LogP contribution in [0.15, 0.2) is 4.42 Å². The molecule has 2 fully saturated rings. The molecule has 0 radical (unpaired) electrons. The van der Waals surface area contributed by atoms with Crippen LogP contribution in [0.4, 0.5) is 0 Å². The Labute approximate surface area is 142 Å². The number of hydrogen-bond donors (Lipinski definition) is 1. The van der Waals surface area contributed by atoms with Gasteiger partial charge < -0.3 is 14.6 Å². The van der Waals surface area contributed by atoms with Gasteiger partial charge in [0.2, 0.25) is 0 Å². The van der Waals surface area contributed by atoms with E-state index in [-0.39, 0.29) is 24.1 Å². The van der Waals surface area contributed by atoms with E-state index in [1.807, 2.05) is 11.8 Å². The second kappa shape index (κ2) is 6.29. The first-order chi connectivity index (χ1) is 10.6. The molecule has 2 unspecified atom stereocenters. The van der Waals surface area contributed by atoms with Crippen LogP contribution in [0.2, 0.25) is 0 Å². The van der Waals surface area contributed by atoms with Gasteiger partial charge in [-0.1, -0.05) is 0 Å². The SMILES string of the molecule is Cc1c(C(=O)N2CCC3CCC(C2)N3)oc2c1C(=O)CCC2.Cl. The molecule has 3 heterocycles. The van der Waals surface area contributed by atoms with Crippen LogP contribution < -0.4 is 5.32 Å². The number of furan rings is 1. The molecular weight excluding hydrogens is 316 g/mol. The molecule has 23 heavy (non-hydrogen) atoms. The van der Waals surface area contributed by atoms with E-state index in [2.05, 4.69) is 5.32 Å². The molecule has 2 aliphatic heterocycles. The number of Topliss-reactive ketones (excluding diaryl/α,β-unsaturated/α-hetero) is 1. The second-order valence-corrected chi connectivity index (χ2v) is 6.81. The number of halogens is 1. The highest BCUT2D eigenvalue weighted by molar-refractivity contribution is 6.03. The molecule has 2 atom stereocenters. The van der Waals surface area contributed by atoms with Gasteiger partial charge in [0.05, 0.1) is 5.56 Å². The van der Waals surface area contributed by atoms with Crippen molar-refractivity contribution in [2.24, 2.45) is 0 Å². The van der Waals surface area contributed by atoms with Gasteiger partial charge in [-0.25, -0.2) is 0 Å². The third kappa shape index (κ3) is 2.81. The van der Waals surface area contributed by atoms with Crippen molar-refractivity contribution in [1.82, 2.24) is 10.2 Å². The number of rotatable bonds is 1. The van der Waals surface area contributed by atoms with Crippen molar-refractivity contribution in [1.29, 1.82) is 0 Å². The lowest BCUT2D eigenvalue weighted by atomic mass is 9.94. The van der Waals surface area contributed by atoms with Gasteiger partial charge >= 0.3 is 0 Å². The molecule has 1 aliphatic carbocycles. The standard InChI is InChI=1S/C17H22N2O3.ClH/c1-10-15-13(20)3-2-4-14(15)22-16(10)17(21)19-8-7-11-5-6-12(9-19)18-11;/h11-12,18H,2-9H2,1H3;1H. The maximum atomic E-state index is 12.9. The quantitative estimate of drug-likeness (QED) is 0.854. The molecule has 4 rings (SSSR count). The van der Waals surface area contributed by atoms with E-state index in [9.17, 15) is 9.59 Å². The van der Waals surface area contributed by atoms with E-state index in [0.717, 1.165) is 44.3 Å². The minimum Gasteiger partial charge on any atom is -0.455 e. The molecule has 2 saturated heterocycles. The number of carbonyl (C=O) groups excluding carboxylic acids is 2. The van der Waals surface area contributed by atoms with Gasteiger partial charge in [0.15, 0.2) is 11.5 Å². The Balaban J connectivity index is 0.00000156. The number of aryl methyl sites for hydroxylation is 1. The van der Waals surface area contributed by atoms with Gasteiger partial charge in [-0.2, -0.15) is 0 Å². The number of hydrogen-bond acceptors (Lipinski definition) is 4. The number of nitrogens with zero attached hydrogens (tertiary/aromatic N) is 1. The Kier molecular flexibility index (Phi) is 4.52. The van der Waals surface area contributed by atoms with Gasteiger partial charge in [-0.15, -0.1) is 12.4 Å². The summed E-state index contributed by atoms with van der Waals surface area (Å²) < 4.78 is 5.81. The Hall–Kier alpha value is -1.33. The molecule has 1 amide bonds. The monoisotopic (exact) mass is 338 g/mol. The van der Waals surface area contributed by atoms with E-state index < -0.39 is 0 Å². The van der Waals surface area contributed by atoms with E-state index in [4.69, 9.17) is 4.42 Å². The maximum absolute atomic E-state index is 12.9. The fraction of sp³-hybridized carbons (Fsp3) is 0.647. The number of ketones is 1. The van der Waals surface area contributed by atoms with Crippen molar-refractivity contribution in [3.8, 4) is 0 Å². The smallest absolute Gasteiger partial charge is 0.289 e. The van der Waals surface area contributed by atoms with Crippen molar-refractivity contribution in [2.75, 3.05) is 13.1 Å². The molecule has 5 nitrogen and oxygen atoms in total. The molecule has 6 heteroatoms. The fourth-order valence-corrected chi connectivity index (χ4v) is 4.12. The number of nitrogens with one attached hydrogen (secondary N) is 1. The number of amides is 1. The van der Waals surface area contributed by atoms with Crippen LogP contribution in [0.25, 0.3) is 0 Å². The summed E-state index contributed by atoms with van der Waals surface area (Å²) in [6.45, 7) is 3.36. The van der Waals surface area contributed by atoms with Crippen molar-refractivity contribution in [3.05, 3.63) is 22.6 Å². The largest absolute Gasteiger partial charge is 0.455 e. The first-order valence-electron chi connectivity index (χ1n) is 8.34.